The molecule has 0 saturated carbocycles. The average Bonchev–Trinajstić information content (AvgIpc) is 3.12. The van der Waals surface area contributed by atoms with Gasteiger partial charge in [-0.1, -0.05) is 66.0 Å². The van der Waals surface area contributed by atoms with Crippen LogP contribution in [-0.4, -0.2) is 22.1 Å². The number of allylic oxidation sites excluding steroid dienone is 2. The Morgan fingerprint density at radius 2 is 1.94 bits per heavy atom. The number of benzene rings is 2. The van der Waals surface area contributed by atoms with Gasteiger partial charge in [-0.3, -0.25) is 19.5 Å². The number of rotatable bonds is 6. The maximum Gasteiger partial charge on any atom is 0.338 e. The summed E-state index contributed by atoms with van der Waals surface area (Å²) in [5, 5.41) is 11.1. The quantitative estimate of drug-likeness (QED) is 0.309. The number of hydrogen-bond donors (Lipinski definition) is 0. The molecule has 0 amide bonds. The molecule has 34 heavy (non-hydrogen) atoms. The predicted molar refractivity (Wildman–Crippen MR) is 130 cm³/mol. The Labute approximate surface area is 198 Å². The number of nitro groups is 1. The lowest BCUT2D eigenvalue weighted by molar-refractivity contribution is -0.384. The number of fused-ring (bicyclic) bond motifs is 1. The summed E-state index contributed by atoms with van der Waals surface area (Å²) in [6, 6.07) is 14.9. The highest BCUT2D eigenvalue weighted by Gasteiger charge is 2.30. The van der Waals surface area contributed by atoms with Crippen LogP contribution in [0.5, 0.6) is 0 Å². The van der Waals surface area contributed by atoms with Crippen molar-refractivity contribution in [1.82, 2.24) is 4.57 Å². The number of thiazole rings is 1. The van der Waals surface area contributed by atoms with E-state index in [1.807, 2.05) is 36.4 Å². The molecule has 1 aromatic heterocycles. The SMILES string of the molecule is CCOC(=O)C1=C(C)N=c2sc(=Cc3cccc([N+](=O)[O-])c3)c(=O)n2[C@H]1/C=C/c1ccccc1. The van der Waals surface area contributed by atoms with Crippen molar-refractivity contribution in [2.24, 2.45) is 4.99 Å². The average molecular weight is 476 g/mol. The zero-order valence-corrected chi connectivity index (χ0v) is 19.3. The van der Waals surface area contributed by atoms with Crippen LogP contribution in [0.4, 0.5) is 5.69 Å². The van der Waals surface area contributed by atoms with Crippen molar-refractivity contribution in [3.63, 3.8) is 0 Å². The summed E-state index contributed by atoms with van der Waals surface area (Å²) in [5.41, 5.74) is 1.81. The molecule has 0 spiro atoms. The molecule has 4 rings (SSSR count). The zero-order chi connectivity index (χ0) is 24.2. The van der Waals surface area contributed by atoms with Crippen LogP contribution in [0, 0.1) is 10.1 Å². The first-order chi connectivity index (χ1) is 16.4. The number of carbonyl (C=O) groups excluding carboxylic acids is 1. The van der Waals surface area contributed by atoms with E-state index in [0.717, 1.165) is 5.56 Å². The second-order valence-corrected chi connectivity index (χ2v) is 8.48. The molecule has 0 N–H and O–H groups in total. The number of ether oxygens (including phenoxy) is 1. The molecule has 8 nitrogen and oxygen atoms in total. The first-order valence-electron chi connectivity index (χ1n) is 10.6. The number of nitro benzene ring substituents is 1. The van der Waals surface area contributed by atoms with Crippen molar-refractivity contribution in [2.45, 2.75) is 19.9 Å². The van der Waals surface area contributed by atoms with Crippen molar-refractivity contribution in [3.8, 4) is 0 Å². The Balaban J connectivity index is 1.87. The van der Waals surface area contributed by atoms with Crippen LogP contribution < -0.4 is 14.9 Å². The topological polar surface area (TPSA) is 104 Å². The second kappa shape index (κ2) is 9.80. The second-order valence-electron chi connectivity index (χ2n) is 7.47. The van der Waals surface area contributed by atoms with E-state index in [9.17, 15) is 19.7 Å². The van der Waals surface area contributed by atoms with Crippen LogP contribution in [0.25, 0.3) is 12.2 Å². The lowest BCUT2D eigenvalue weighted by atomic mass is 10.0. The molecule has 0 fully saturated rings. The van der Waals surface area contributed by atoms with E-state index in [4.69, 9.17) is 4.74 Å². The number of aromatic nitrogens is 1. The maximum atomic E-state index is 13.4. The van der Waals surface area contributed by atoms with Crippen LogP contribution >= 0.6 is 11.3 Å². The lowest BCUT2D eigenvalue weighted by Crippen LogP contribution is -2.38. The van der Waals surface area contributed by atoms with E-state index in [1.54, 1.807) is 38.1 Å². The fourth-order valence-corrected chi connectivity index (χ4v) is 4.72. The van der Waals surface area contributed by atoms with Gasteiger partial charge in [-0.15, -0.1) is 0 Å². The summed E-state index contributed by atoms with van der Waals surface area (Å²) in [5.74, 6) is -0.528. The molecule has 9 heteroatoms. The van der Waals surface area contributed by atoms with Gasteiger partial charge in [0.05, 0.1) is 33.4 Å². The Morgan fingerprint density at radius 3 is 2.65 bits per heavy atom. The summed E-state index contributed by atoms with van der Waals surface area (Å²) in [4.78, 5) is 41.8. The smallest absolute Gasteiger partial charge is 0.338 e. The number of hydrogen-bond acceptors (Lipinski definition) is 7. The standard InChI is InChI=1S/C25H21N3O5S/c1-3-33-24(30)22-16(2)26-25-27(20(22)13-12-17-8-5-4-6-9-17)23(29)21(34-25)15-18-10-7-11-19(14-18)28(31)32/h4-15,20H,3H2,1-2H3/b13-12+,21-15?/t20-/m0/s1. The fourth-order valence-electron chi connectivity index (χ4n) is 3.66. The molecule has 0 radical (unpaired) electrons. The van der Waals surface area contributed by atoms with E-state index in [1.165, 1.54) is 28.0 Å². The number of carbonyl (C=O) groups is 1. The van der Waals surface area contributed by atoms with Gasteiger partial charge >= 0.3 is 5.97 Å². The van der Waals surface area contributed by atoms with Gasteiger partial charge in [0.15, 0.2) is 4.80 Å². The monoisotopic (exact) mass is 475 g/mol. The zero-order valence-electron chi connectivity index (χ0n) is 18.5. The third-order valence-corrected chi connectivity index (χ3v) is 6.19. The van der Waals surface area contributed by atoms with E-state index >= 15 is 0 Å². The van der Waals surface area contributed by atoms with E-state index in [2.05, 4.69) is 4.99 Å². The molecule has 2 heterocycles. The largest absolute Gasteiger partial charge is 0.463 e. The molecular formula is C25H21N3O5S. The highest BCUT2D eigenvalue weighted by Crippen LogP contribution is 2.26. The van der Waals surface area contributed by atoms with Crippen molar-refractivity contribution in [1.29, 1.82) is 0 Å². The van der Waals surface area contributed by atoms with Gasteiger partial charge in [0, 0.05) is 12.1 Å². The molecule has 0 unspecified atom stereocenters. The first kappa shape index (κ1) is 23.1. The Hall–Kier alpha value is -4.11. The van der Waals surface area contributed by atoms with Gasteiger partial charge in [-0.2, -0.15) is 0 Å². The highest BCUT2D eigenvalue weighted by molar-refractivity contribution is 7.07. The fraction of sp³-hybridized carbons (Fsp3) is 0.160. The molecule has 0 bridgehead atoms. The molecule has 1 aliphatic rings. The van der Waals surface area contributed by atoms with Crippen LogP contribution in [0.3, 0.4) is 0 Å². The summed E-state index contributed by atoms with van der Waals surface area (Å²) in [6.07, 6.45) is 5.23. The van der Waals surface area contributed by atoms with E-state index < -0.39 is 16.9 Å². The first-order valence-corrected chi connectivity index (χ1v) is 11.4. The molecule has 172 valence electrons. The molecule has 2 aromatic carbocycles. The molecule has 3 aromatic rings. The van der Waals surface area contributed by atoms with Crippen LogP contribution in [-0.2, 0) is 9.53 Å². The lowest BCUT2D eigenvalue weighted by Gasteiger charge is -2.21. The highest BCUT2D eigenvalue weighted by atomic mass is 32.1. The minimum atomic E-state index is -0.706. The minimum absolute atomic E-state index is 0.0642. The molecule has 0 saturated heterocycles. The summed E-state index contributed by atoms with van der Waals surface area (Å²) < 4.78 is 7.07. The summed E-state index contributed by atoms with van der Waals surface area (Å²) in [7, 11) is 0. The van der Waals surface area contributed by atoms with Crippen molar-refractivity contribution < 1.29 is 14.5 Å². The third kappa shape index (κ3) is 4.65. The van der Waals surface area contributed by atoms with Gasteiger partial charge < -0.3 is 4.74 Å². The van der Waals surface area contributed by atoms with Gasteiger partial charge in [0.25, 0.3) is 11.2 Å². The third-order valence-electron chi connectivity index (χ3n) is 5.21. The molecule has 1 atom stereocenters. The van der Waals surface area contributed by atoms with Gasteiger partial charge in [-0.25, -0.2) is 9.79 Å². The van der Waals surface area contributed by atoms with E-state index in [0.29, 0.717) is 26.2 Å². The number of nitrogens with zero attached hydrogens (tertiary/aromatic N) is 3. The Bertz CT molecular complexity index is 1500. The van der Waals surface area contributed by atoms with Gasteiger partial charge in [0.1, 0.15) is 0 Å². The minimum Gasteiger partial charge on any atom is -0.463 e. The van der Waals surface area contributed by atoms with Crippen molar-refractivity contribution in [2.75, 3.05) is 6.61 Å². The summed E-state index contributed by atoms with van der Waals surface area (Å²) in [6.45, 7) is 3.63. The molecule has 1 aliphatic heterocycles. The molecular weight excluding hydrogens is 454 g/mol. The summed E-state index contributed by atoms with van der Waals surface area (Å²) >= 11 is 1.17. The maximum absolute atomic E-state index is 13.4. The van der Waals surface area contributed by atoms with Crippen LogP contribution in [0.1, 0.15) is 31.0 Å². The van der Waals surface area contributed by atoms with Gasteiger partial charge in [-0.05, 0) is 31.1 Å². The predicted octanol–water partition coefficient (Wildman–Crippen LogP) is 3.37. The van der Waals surface area contributed by atoms with Crippen molar-refractivity contribution >= 4 is 35.1 Å². The van der Waals surface area contributed by atoms with E-state index in [-0.39, 0.29) is 17.9 Å². The number of non-ortho nitro benzene ring substituents is 1. The number of esters is 1. The molecule has 0 aliphatic carbocycles. The van der Waals surface area contributed by atoms with Crippen LogP contribution in [0.2, 0.25) is 0 Å². The van der Waals surface area contributed by atoms with Crippen molar-refractivity contribution in [3.05, 3.63) is 113 Å². The Morgan fingerprint density at radius 1 is 1.21 bits per heavy atom. The normalized spacial score (nSPS) is 15.8. The Kier molecular flexibility index (Phi) is 6.65. The van der Waals surface area contributed by atoms with Crippen LogP contribution in [0.15, 0.2) is 81.7 Å². The van der Waals surface area contributed by atoms with Gasteiger partial charge in [0.2, 0.25) is 0 Å².